The fourth-order valence-corrected chi connectivity index (χ4v) is 2.99. The van der Waals surface area contributed by atoms with Crippen LogP contribution in [0, 0.1) is 6.92 Å². The molecule has 0 aliphatic rings. The maximum absolute atomic E-state index is 12.1. The summed E-state index contributed by atoms with van der Waals surface area (Å²) in [7, 11) is -3.48. The number of nitrogens with zero attached hydrogens (tertiary/aromatic N) is 1. The molecule has 1 aromatic carbocycles. The molecule has 2 rings (SSSR count). The zero-order valence-electron chi connectivity index (χ0n) is 11.1. The van der Waals surface area contributed by atoms with Gasteiger partial charge in [0.25, 0.3) is 0 Å². The molecule has 0 bridgehead atoms. The molecule has 1 aromatic heterocycles. The fourth-order valence-electron chi connectivity index (χ4n) is 1.73. The number of aliphatic hydroxyl groups excluding tert-OH is 1. The van der Waals surface area contributed by atoms with Crippen LogP contribution in [0.1, 0.15) is 16.7 Å². The van der Waals surface area contributed by atoms with Crippen molar-refractivity contribution in [1.29, 1.82) is 0 Å². The summed E-state index contributed by atoms with van der Waals surface area (Å²) in [5.74, 6) is -0.118. The van der Waals surface area contributed by atoms with Crippen molar-refractivity contribution in [3.63, 3.8) is 0 Å². The summed E-state index contributed by atoms with van der Waals surface area (Å²) in [6.07, 6.45) is 3.10. The number of nitrogens with one attached hydrogen (secondary N) is 1. The summed E-state index contributed by atoms with van der Waals surface area (Å²) >= 11 is 0. The van der Waals surface area contributed by atoms with Gasteiger partial charge < -0.3 is 5.11 Å². The average Bonchev–Trinajstić information content (AvgIpc) is 2.41. The van der Waals surface area contributed by atoms with Crippen LogP contribution in [0.3, 0.4) is 0 Å². The molecular weight excluding hydrogens is 276 g/mol. The molecule has 0 aliphatic carbocycles. The molecule has 0 radical (unpaired) electrons. The molecule has 5 nitrogen and oxygen atoms in total. The maximum Gasteiger partial charge on any atom is 0.236 e. The van der Waals surface area contributed by atoms with Crippen LogP contribution in [0.15, 0.2) is 42.7 Å². The van der Waals surface area contributed by atoms with E-state index >= 15 is 0 Å². The van der Waals surface area contributed by atoms with E-state index in [0.29, 0.717) is 11.3 Å². The van der Waals surface area contributed by atoms with Gasteiger partial charge >= 0.3 is 0 Å². The minimum absolute atomic E-state index is 0.0554. The van der Waals surface area contributed by atoms with Crippen molar-refractivity contribution in [2.45, 2.75) is 19.3 Å². The van der Waals surface area contributed by atoms with Crippen LogP contribution in [0.25, 0.3) is 0 Å². The largest absolute Gasteiger partial charge is 0.392 e. The van der Waals surface area contributed by atoms with Crippen LogP contribution in [0.4, 0.5) is 5.69 Å². The molecule has 0 spiro atoms. The third kappa shape index (κ3) is 3.79. The van der Waals surface area contributed by atoms with Crippen LogP contribution in [0.2, 0.25) is 0 Å². The van der Waals surface area contributed by atoms with Gasteiger partial charge in [0.05, 0.1) is 24.2 Å². The smallest absolute Gasteiger partial charge is 0.236 e. The number of aryl methyl sites for hydroxylation is 1. The number of sulfonamides is 1. The van der Waals surface area contributed by atoms with E-state index in [0.717, 1.165) is 11.1 Å². The SMILES string of the molecule is Cc1ccncc1NS(=O)(=O)Cc1ccc(CO)cc1. The second-order valence-electron chi connectivity index (χ2n) is 4.53. The van der Waals surface area contributed by atoms with E-state index in [4.69, 9.17) is 5.11 Å². The Morgan fingerprint density at radius 1 is 1.15 bits per heavy atom. The molecule has 0 saturated heterocycles. The van der Waals surface area contributed by atoms with E-state index in [2.05, 4.69) is 9.71 Å². The van der Waals surface area contributed by atoms with Crippen molar-refractivity contribution >= 4 is 15.7 Å². The lowest BCUT2D eigenvalue weighted by atomic mass is 10.2. The Morgan fingerprint density at radius 3 is 2.40 bits per heavy atom. The minimum atomic E-state index is -3.48. The number of benzene rings is 1. The van der Waals surface area contributed by atoms with Crippen molar-refractivity contribution in [2.24, 2.45) is 0 Å². The summed E-state index contributed by atoms with van der Waals surface area (Å²) in [6.45, 7) is 1.76. The predicted molar refractivity (Wildman–Crippen MR) is 77.6 cm³/mol. The Morgan fingerprint density at radius 2 is 1.80 bits per heavy atom. The van der Waals surface area contributed by atoms with Gasteiger partial charge in [-0.05, 0) is 29.7 Å². The Balaban J connectivity index is 2.13. The number of aliphatic hydroxyl groups is 1. The Labute approximate surface area is 118 Å². The molecule has 106 valence electrons. The summed E-state index contributed by atoms with van der Waals surface area (Å²) < 4.78 is 26.7. The fraction of sp³-hybridized carbons (Fsp3) is 0.214. The molecule has 6 heteroatoms. The minimum Gasteiger partial charge on any atom is -0.392 e. The molecule has 0 unspecified atom stereocenters. The van der Waals surface area contributed by atoms with Gasteiger partial charge in [0.15, 0.2) is 0 Å². The lowest BCUT2D eigenvalue weighted by Crippen LogP contribution is -2.16. The Kier molecular flexibility index (Phi) is 4.36. The normalized spacial score (nSPS) is 11.3. The van der Waals surface area contributed by atoms with Gasteiger partial charge in [0, 0.05) is 6.20 Å². The zero-order valence-corrected chi connectivity index (χ0v) is 11.9. The molecule has 0 saturated carbocycles. The molecule has 1 heterocycles. The maximum atomic E-state index is 12.1. The standard InChI is InChI=1S/C14H16N2O3S/c1-11-6-7-15-8-14(11)16-20(18,19)10-13-4-2-12(9-17)3-5-13/h2-8,16-17H,9-10H2,1H3. The predicted octanol–water partition coefficient (Wildman–Crippen LogP) is 1.82. The van der Waals surface area contributed by atoms with Crippen molar-refractivity contribution in [2.75, 3.05) is 4.72 Å². The van der Waals surface area contributed by atoms with E-state index < -0.39 is 10.0 Å². The zero-order chi connectivity index (χ0) is 14.6. The highest BCUT2D eigenvalue weighted by atomic mass is 32.2. The number of rotatable bonds is 5. The van der Waals surface area contributed by atoms with Gasteiger partial charge in [-0.3, -0.25) is 9.71 Å². The van der Waals surface area contributed by atoms with Gasteiger partial charge in [-0.1, -0.05) is 24.3 Å². The second-order valence-corrected chi connectivity index (χ2v) is 6.25. The van der Waals surface area contributed by atoms with Gasteiger partial charge in [0.1, 0.15) is 0 Å². The molecule has 20 heavy (non-hydrogen) atoms. The number of hydrogen-bond donors (Lipinski definition) is 2. The quantitative estimate of drug-likeness (QED) is 0.881. The molecular formula is C14H16N2O3S. The van der Waals surface area contributed by atoms with Crippen LogP contribution < -0.4 is 4.72 Å². The van der Waals surface area contributed by atoms with E-state index in [9.17, 15) is 8.42 Å². The molecule has 2 aromatic rings. The second kappa shape index (κ2) is 6.02. The Hall–Kier alpha value is -1.92. The summed E-state index contributed by atoms with van der Waals surface area (Å²) in [4.78, 5) is 3.90. The molecule has 0 atom stereocenters. The van der Waals surface area contributed by atoms with Crippen LogP contribution >= 0.6 is 0 Å². The monoisotopic (exact) mass is 292 g/mol. The lowest BCUT2D eigenvalue weighted by molar-refractivity contribution is 0.282. The van der Waals surface area contributed by atoms with E-state index in [1.165, 1.54) is 6.20 Å². The van der Waals surface area contributed by atoms with Gasteiger partial charge in [0.2, 0.25) is 10.0 Å². The number of pyridine rings is 1. The highest BCUT2D eigenvalue weighted by Crippen LogP contribution is 2.16. The number of hydrogen-bond acceptors (Lipinski definition) is 4. The summed E-state index contributed by atoms with van der Waals surface area (Å²) in [5.41, 5.74) is 2.72. The highest BCUT2D eigenvalue weighted by Gasteiger charge is 2.13. The van der Waals surface area contributed by atoms with E-state index in [1.54, 1.807) is 36.5 Å². The topological polar surface area (TPSA) is 79.3 Å². The number of aromatic nitrogens is 1. The van der Waals surface area contributed by atoms with Gasteiger partial charge in [-0.2, -0.15) is 0 Å². The van der Waals surface area contributed by atoms with E-state index in [-0.39, 0.29) is 12.4 Å². The van der Waals surface area contributed by atoms with Crippen molar-refractivity contribution < 1.29 is 13.5 Å². The third-order valence-electron chi connectivity index (χ3n) is 2.87. The summed E-state index contributed by atoms with van der Waals surface area (Å²) in [5, 5.41) is 8.95. The highest BCUT2D eigenvalue weighted by molar-refractivity contribution is 7.91. The Bertz CT molecular complexity index is 682. The third-order valence-corrected chi connectivity index (χ3v) is 4.11. The van der Waals surface area contributed by atoms with Gasteiger partial charge in [-0.25, -0.2) is 8.42 Å². The average molecular weight is 292 g/mol. The van der Waals surface area contributed by atoms with Gasteiger partial charge in [-0.15, -0.1) is 0 Å². The first-order chi connectivity index (χ1) is 9.50. The molecule has 0 aliphatic heterocycles. The molecule has 0 fully saturated rings. The van der Waals surface area contributed by atoms with Crippen LogP contribution in [-0.2, 0) is 22.4 Å². The molecule has 2 N–H and O–H groups in total. The first kappa shape index (κ1) is 14.5. The van der Waals surface area contributed by atoms with Crippen molar-refractivity contribution in [3.8, 4) is 0 Å². The summed E-state index contributed by atoms with van der Waals surface area (Å²) in [6, 6.07) is 8.55. The van der Waals surface area contributed by atoms with E-state index in [1.807, 2.05) is 6.92 Å². The molecule has 0 amide bonds. The van der Waals surface area contributed by atoms with Crippen LogP contribution in [-0.4, -0.2) is 18.5 Å². The van der Waals surface area contributed by atoms with Crippen molar-refractivity contribution in [1.82, 2.24) is 4.98 Å². The lowest BCUT2D eigenvalue weighted by Gasteiger charge is -2.10. The first-order valence-corrected chi connectivity index (χ1v) is 7.75. The van der Waals surface area contributed by atoms with Crippen LogP contribution in [0.5, 0.6) is 0 Å². The van der Waals surface area contributed by atoms with Crippen molar-refractivity contribution in [3.05, 3.63) is 59.4 Å². The first-order valence-electron chi connectivity index (χ1n) is 6.10. The number of anilines is 1.